The van der Waals surface area contributed by atoms with Crippen molar-refractivity contribution < 1.29 is 1.43 Å². The summed E-state index contributed by atoms with van der Waals surface area (Å²) >= 11 is 3.54. The summed E-state index contributed by atoms with van der Waals surface area (Å²) in [6, 6.07) is 133. The van der Waals surface area contributed by atoms with Crippen LogP contribution in [0.5, 0.6) is 0 Å². The Bertz CT molecular complexity index is 7510. The Balaban J connectivity index is 0.000000120. The van der Waals surface area contributed by atoms with Gasteiger partial charge in [-0.2, -0.15) is 19.9 Å². The van der Waals surface area contributed by atoms with Crippen LogP contribution < -0.4 is 4.90 Å². The van der Waals surface area contributed by atoms with Crippen LogP contribution in [0.2, 0.25) is 0 Å². The Labute approximate surface area is 660 Å². The Morgan fingerprint density at radius 2 is 0.602 bits per heavy atom. The highest BCUT2D eigenvalue weighted by atomic mass is 79.9. The molecule has 0 unspecified atom stereocenters. The van der Waals surface area contributed by atoms with E-state index in [1.54, 1.807) is 0 Å². The Morgan fingerprint density at radius 1 is 0.239 bits per heavy atom. The molecule has 0 radical (unpaired) electrons. The quantitative estimate of drug-likeness (QED) is 0.157. The van der Waals surface area contributed by atoms with Gasteiger partial charge in [0.2, 0.25) is 11.9 Å². The molecule has 22 aromatic rings. The van der Waals surface area contributed by atoms with Crippen molar-refractivity contribution in [2.24, 2.45) is 0 Å². The van der Waals surface area contributed by atoms with Gasteiger partial charge in [-0.3, -0.25) is 9.13 Å². The van der Waals surface area contributed by atoms with Crippen molar-refractivity contribution in [2.75, 3.05) is 4.90 Å². The summed E-state index contributed by atoms with van der Waals surface area (Å²) in [4.78, 5) is 33.2. The summed E-state index contributed by atoms with van der Waals surface area (Å²) in [5.74, 6) is 3.72. The van der Waals surface area contributed by atoms with Gasteiger partial charge in [0.25, 0.3) is 0 Å². The predicted molar refractivity (Wildman–Crippen MR) is 473 cm³/mol. The van der Waals surface area contributed by atoms with E-state index in [0.29, 0.717) is 35.2 Å². The first-order chi connectivity index (χ1) is 55.9. The molecule has 0 N–H and O–H groups in total. The zero-order valence-electron chi connectivity index (χ0n) is 60.9. The fraction of sp³-hybridized carbons (Fsp3) is 0.00971. The molecule has 0 fully saturated rings. The van der Waals surface area contributed by atoms with Gasteiger partial charge in [0.15, 0.2) is 23.3 Å². The van der Waals surface area contributed by atoms with Crippen molar-refractivity contribution in [1.82, 2.24) is 39.0 Å². The number of hydrogen-bond donors (Lipinski definition) is 0. The fourth-order valence-electron chi connectivity index (χ4n) is 17.4. The molecule has 0 bridgehead atoms. The van der Waals surface area contributed by atoms with Gasteiger partial charge in [0.05, 0.1) is 33.4 Å². The minimum atomic E-state index is 0. The van der Waals surface area contributed by atoms with Gasteiger partial charge in [0.1, 0.15) is 0 Å². The molecule has 4 aromatic heterocycles. The van der Waals surface area contributed by atoms with Crippen LogP contribution in [0.4, 0.5) is 17.1 Å². The van der Waals surface area contributed by atoms with Crippen molar-refractivity contribution >= 4 is 141 Å². The molecule has 0 atom stereocenters. The average molecular weight is 1510 g/mol. The van der Waals surface area contributed by atoms with Crippen molar-refractivity contribution in [1.29, 1.82) is 0 Å². The molecular formula is C103H66BrN9. The highest BCUT2D eigenvalue weighted by Crippen LogP contribution is 2.53. The minimum Gasteiger partial charge on any atom is -0.309 e. The summed E-state index contributed by atoms with van der Waals surface area (Å²) in [5.41, 5.74) is 19.6. The highest BCUT2D eigenvalue weighted by molar-refractivity contribution is 9.10. The lowest BCUT2D eigenvalue weighted by Crippen LogP contribution is -2.15. The van der Waals surface area contributed by atoms with Crippen molar-refractivity contribution in [3.8, 4) is 79.7 Å². The lowest BCUT2D eigenvalue weighted by atomic mass is 9.82. The number of benzene rings is 18. The largest absolute Gasteiger partial charge is 0.309 e. The molecule has 24 rings (SSSR count). The molecule has 530 valence electrons. The maximum absolute atomic E-state index is 5.25. The first-order valence-electron chi connectivity index (χ1n) is 38.1. The highest BCUT2D eigenvalue weighted by Gasteiger charge is 2.28. The Hall–Kier alpha value is -14.6. The topological polar surface area (TPSA) is 90.4 Å². The SMILES string of the molecule is Brc1ccc(-c2nc(-c3cccc4ccccc34)nc(-n3c4ccccc4c4ccccc43)n2)cc1.[2HH].c1ccc2cc3c(cc2c1)-c1cccc2cccc(c12)N3c1ccc(-c2nc(-c3cccc4ccccc34)nc(-n3c4ccccc4c4ccccc43)n2)cc1.c1ccc2cc3c(cc2c1)Cc1cccc2cccc-3c12. The third-order valence-electron chi connectivity index (χ3n) is 22.5. The minimum absolute atomic E-state index is 0. The maximum atomic E-state index is 5.25. The normalized spacial score (nSPS) is 12.1. The summed E-state index contributed by atoms with van der Waals surface area (Å²) < 4.78 is 5.33. The Morgan fingerprint density at radius 3 is 1.11 bits per heavy atom. The van der Waals surface area contributed by atoms with E-state index >= 15 is 0 Å². The second-order valence-electron chi connectivity index (χ2n) is 29.0. The lowest BCUT2D eigenvalue weighted by Gasteiger charge is -2.34. The first-order valence-corrected chi connectivity index (χ1v) is 38.9. The van der Waals surface area contributed by atoms with E-state index in [-0.39, 0.29) is 1.43 Å². The van der Waals surface area contributed by atoms with Crippen LogP contribution in [0.15, 0.2) is 381 Å². The lowest BCUT2D eigenvalue weighted by molar-refractivity contribution is 0.954. The fourth-order valence-corrected chi connectivity index (χ4v) is 17.6. The number of anilines is 3. The monoisotopic (exact) mass is 1510 g/mol. The molecule has 9 nitrogen and oxygen atoms in total. The zero-order chi connectivity index (χ0) is 74.6. The number of aromatic nitrogens is 8. The second-order valence-corrected chi connectivity index (χ2v) is 29.9. The number of hydrogen-bond acceptors (Lipinski definition) is 7. The van der Waals surface area contributed by atoms with E-state index in [4.69, 9.17) is 29.9 Å². The van der Waals surface area contributed by atoms with Crippen LogP contribution in [0, 0.1) is 0 Å². The third-order valence-corrected chi connectivity index (χ3v) is 23.0. The van der Waals surface area contributed by atoms with E-state index < -0.39 is 0 Å². The van der Waals surface area contributed by atoms with Crippen molar-refractivity contribution in [3.05, 3.63) is 392 Å². The molecule has 5 heterocycles. The summed E-state index contributed by atoms with van der Waals surface area (Å²) in [6.07, 6.45) is 1.04. The predicted octanol–water partition coefficient (Wildman–Crippen LogP) is 27.2. The summed E-state index contributed by atoms with van der Waals surface area (Å²) in [6.45, 7) is 0. The molecule has 113 heavy (non-hydrogen) atoms. The molecular weight excluding hydrogens is 1440 g/mol. The van der Waals surface area contributed by atoms with Gasteiger partial charge in [-0.1, -0.05) is 307 Å². The van der Waals surface area contributed by atoms with Gasteiger partial charge < -0.3 is 4.90 Å². The van der Waals surface area contributed by atoms with Crippen LogP contribution in [0.3, 0.4) is 0 Å². The van der Waals surface area contributed by atoms with E-state index in [1.165, 1.54) is 92.9 Å². The van der Waals surface area contributed by atoms with E-state index in [9.17, 15) is 0 Å². The summed E-state index contributed by atoms with van der Waals surface area (Å²) in [7, 11) is 0. The smallest absolute Gasteiger partial charge is 0.238 e. The molecule has 0 saturated carbocycles. The van der Waals surface area contributed by atoms with Crippen molar-refractivity contribution in [3.63, 3.8) is 0 Å². The van der Waals surface area contributed by atoms with Crippen LogP contribution in [0.1, 0.15) is 12.6 Å². The van der Waals surface area contributed by atoms with Crippen LogP contribution >= 0.6 is 15.9 Å². The standard InChI is InChI=1S/C51H31N5.C31H19BrN4.C21H14.H2/c1-2-14-36-31-47-43(30-35(36)13-1)41-21-10-16-33-17-11-25-46(48(33)41)55(47)37-28-26-34(27-29-37)49-52-50(42-22-9-15-32-12-3-4-18-38(32)42)54-51(53-49)56-44-23-7-5-19-39(44)40-20-6-8-24-45(40)56;32-22-18-16-21(17-19-22)29-33-30(26-13-7-9-20-8-1-2-10-23(20)26)35-31(34-29)36-27-14-5-3-11-24(27)25-12-4-6-15-28(25)36;1-2-6-16-13-20-18(11-15(16)5-1)12-17-9-3-7-14-8-4-10-19(20)21(14)17;/h1-31H;1-19H;1-11,13H,12H2;1H/i;;;1+1. The zero-order valence-corrected chi connectivity index (χ0v) is 62.5. The third kappa shape index (κ3) is 11.2. The Kier molecular flexibility index (Phi) is 15.6. The van der Waals surface area contributed by atoms with Crippen molar-refractivity contribution in [2.45, 2.75) is 6.42 Å². The molecule has 0 amide bonds. The van der Waals surface area contributed by atoms with Gasteiger partial charge in [-0.25, -0.2) is 9.97 Å². The first kappa shape index (κ1) is 65.5. The molecule has 1 aliphatic heterocycles. The van der Waals surface area contributed by atoms with Crippen LogP contribution in [-0.4, -0.2) is 39.0 Å². The van der Waals surface area contributed by atoms with Gasteiger partial charge in [0, 0.05) is 66.3 Å². The maximum Gasteiger partial charge on any atom is 0.238 e. The molecule has 18 aromatic carbocycles. The number of halogens is 1. The molecule has 10 heteroatoms. The number of fused-ring (bicyclic) bond motifs is 14. The van der Waals surface area contributed by atoms with Crippen LogP contribution in [0.25, 0.3) is 188 Å². The van der Waals surface area contributed by atoms with Gasteiger partial charge in [-0.05, 0) is 178 Å². The second kappa shape index (κ2) is 26.9. The number of rotatable bonds is 7. The molecule has 0 saturated heterocycles. The van der Waals surface area contributed by atoms with E-state index in [1.807, 2.05) is 24.3 Å². The van der Waals surface area contributed by atoms with Crippen LogP contribution in [-0.2, 0) is 6.42 Å². The number of nitrogens with zero attached hydrogens (tertiary/aromatic N) is 9. The molecule has 2 aliphatic rings. The van der Waals surface area contributed by atoms with Gasteiger partial charge >= 0.3 is 0 Å². The summed E-state index contributed by atoms with van der Waals surface area (Å²) in [5, 5.41) is 19.5. The molecule has 1 aliphatic carbocycles. The number of para-hydroxylation sites is 4. The average Bonchev–Trinajstić information content (AvgIpc) is 1.02. The van der Waals surface area contributed by atoms with E-state index in [0.717, 1.165) is 98.9 Å². The van der Waals surface area contributed by atoms with Gasteiger partial charge in [-0.15, -0.1) is 0 Å². The van der Waals surface area contributed by atoms with E-state index in [2.05, 4.69) is 382 Å². The molecule has 0 spiro atoms.